The third-order valence-corrected chi connectivity index (χ3v) is 5.63. The van der Waals surface area contributed by atoms with Crippen LogP contribution >= 0.6 is 22.9 Å². The summed E-state index contributed by atoms with van der Waals surface area (Å²) in [4.78, 5) is 4.70. The number of thiazole rings is 1. The summed E-state index contributed by atoms with van der Waals surface area (Å²) in [6.07, 6.45) is 0. The summed E-state index contributed by atoms with van der Waals surface area (Å²) in [5.74, 6) is -0.300. The monoisotopic (exact) mass is 382 g/mol. The molecular formula is C21H16ClFN2S. The van der Waals surface area contributed by atoms with Crippen LogP contribution in [-0.4, -0.2) is 4.98 Å². The fraction of sp³-hybridized carbons (Fsp3) is 0.0952. The highest BCUT2D eigenvalue weighted by molar-refractivity contribution is 7.21. The Labute approximate surface area is 160 Å². The van der Waals surface area contributed by atoms with Crippen molar-refractivity contribution in [2.24, 2.45) is 0 Å². The largest absolute Gasteiger partial charge is 0.381 e. The molecule has 4 rings (SSSR count). The van der Waals surface area contributed by atoms with Gasteiger partial charge >= 0.3 is 0 Å². The number of aromatic nitrogens is 1. The molecule has 130 valence electrons. The van der Waals surface area contributed by atoms with E-state index in [0.717, 1.165) is 21.8 Å². The molecule has 0 radical (unpaired) electrons. The summed E-state index contributed by atoms with van der Waals surface area (Å²) in [7, 11) is 0. The van der Waals surface area contributed by atoms with Crippen molar-refractivity contribution in [3.63, 3.8) is 0 Å². The van der Waals surface area contributed by atoms with Crippen LogP contribution in [0.25, 0.3) is 20.8 Å². The van der Waals surface area contributed by atoms with Crippen LogP contribution in [0.2, 0.25) is 5.02 Å². The van der Waals surface area contributed by atoms with Crippen LogP contribution < -0.4 is 5.32 Å². The van der Waals surface area contributed by atoms with Crippen molar-refractivity contribution in [3.05, 3.63) is 82.6 Å². The van der Waals surface area contributed by atoms with Gasteiger partial charge in [-0.05, 0) is 61.0 Å². The maximum Gasteiger partial charge on any atom is 0.129 e. The average Bonchev–Trinajstić information content (AvgIpc) is 3.05. The van der Waals surface area contributed by atoms with Gasteiger partial charge in [0.25, 0.3) is 0 Å². The summed E-state index contributed by atoms with van der Waals surface area (Å²) < 4.78 is 15.0. The number of hydrogen-bond acceptors (Lipinski definition) is 3. The van der Waals surface area contributed by atoms with E-state index in [0.29, 0.717) is 17.1 Å². The van der Waals surface area contributed by atoms with E-state index in [2.05, 4.69) is 30.4 Å². The SMILES string of the molecule is Cc1ccc2nc(-c3ccc(NCc4c(F)cccc4Cl)cc3)sc2c1. The Balaban J connectivity index is 1.52. The number of hydrogen-bond donors (Lipinski definition) is 1. The summed E-state index contributed by atoms with van der Waals surface area (Å²) in [5.41, 5.74) is 4.70. The van der Waals surface area contributed by atoms with Crippen molar-refractivity contribution in [3.8, 4) is 10.6 Å². The van der Waals surface area contributed by atoms with E-state index < -0.39 is 0 Å². The molecule has 3 aromatic carbocycles. The molecule has 1 aromatic heterocycles. The zero-order chi connectivity index (χ0) is 18.1. The number of nitrogens with zero attached hydrogens (tertiary/aromatic N) is 1. The quantitative estimate of drug-likeness (QED) is 0.426. The maximum absolute atomic E-state index is 13.8. The van der Waals surface area contributed by atoms with Crippen molar-refractivity contribution in [1.82, 2.24) is 4.98 Å². The van der Waals surface area contributed by atoms with Crippen LogP contribution in [0.15, 0.2) is 60.7 Å². The second kappa shape index (κ2) is 7.06. The highest BCUT2D eigenvalue weighted by Crippen LogP contribution is 2.31. The van der Waals surface area contributed by atoms with Crippen LogP contribution in [0.1, 0.15) is 11.1 Å². The highest BCUT2D eigenvalue weighted by Gasteiger charge is 2.08. The first-order chi connectivity index (χ1) is 12.6. The molecule has 0 unspecified atom stereocenters. The molecule has 0 aliphatic rings. The molecule has 0 aliphatic carbocycles. The smallest absolute Gasteiger partial charge is 0.129 e. The molecule has 26 heavy (non-hydrogen) atoms. The second-order valence-electron chi connectivity index (χ2n) is 6.12. The minimum absolute atomic E-state index is 0.300. The van der Waals surface area contributed by atoms with E-state index in [1.807, 2.05) is 24.3 Å². The lowest BCUT2D eigenvalue weighted by Crippen LogP contribution is -2.02. The third-order valence-electron chi connectivity index (χ3n) is 4.21. The van der Waals surface area contributed by atoms with Gasteiger partial charge < -0.3 is 5.32 Å². The Hall–Kier alpha value is -2.43. The van der Waals surface area contributed by atoms with Crippen molar-refractivity contribution >= 4 is 38.8 Å². The van der Waals surface area contributed by atoms with Gasteiger partial charge in [-0.15, -0.1) is 11.3 Å². The standard InChI is InChI=1S/C21H16ClFN2S/c1-13-5-10-19-20(11-13)26-21(25-19)14-6-8-15(9-7-14)24-12-16-17(22)3-2-4-18(16)23/h2-11,24H,12H2,1H3. The van der Waals surface area contributed by atoms with E-state index in [-0.39, 0.29) is 5.82 Å². The number of nitrogens with one attached hydrogen (secondary N) is 1. The molecule has 4 aromatic rings. The van der Waals surface area contributed by atoms with Gasteiger partial charge in [-0.1, -0.05) is 23.7 Å². The molecule has 0 amide bonds. The van der Waals surface area contributed by atoms with Crippen LogP contribution in [0.3, 0.4) is 0 Å². The van der Waals surface area contributed by atoms with Gasteiger partial charge in [0.15, 0.2) is 0 Å². The third kappa shape index (κ3) is 3.43. The summed E-state index contributed by atoms with van der Waals surface area (Å²) in [5, 5.41) is 4.64. The first-order valence-electron chi connectivity index (χ1n) is 8.24. The molecule has 0 bridgehead atoms. The van der Waals surface area contributed by atoms with Crippen molar-refractivity contribution in [2.75, 3.05) is 5.32 Å². The molecule has 1 N–H and O–H groups in total. The second-order valence-corrected chi connectivity index (χ2v) is 7.56. The summed E-state index contributed by atoms with van der Waals surface area (Å²) >= 11 is 7.75. The predicted molar refractivity (Wildman–Crippen MR) is 109 cm³/mol. The number of benzene rings is 3. The molecule has 0 aliphatic heterocycles. The first kappa shape index (κ1) is 17.0. The van der Waals surface area contributed by atoms with Crippen molar-refractivity contribution in [1.29, 1.82) is 0 Å². The van der Waals surface area contributed by atoms with Crippen LogP contribution in [0, 0.1) is 12.7 Å². The van der Waals surface area contributed by atoms with E-state index in [4.69, 9.17) is 16.6 Å². The minimum atomic E-state index is -0.300. The Kier molecular flexibility index (Phi) is 4.62. The van der Waals surface area contributed by atoms with E-state index in [1.54, 1.807) is 23.5 Å². The molecule has 0 saturated heterocycles. The number of aryl methyl sites for hydroxylation is 1. The molecule has 0 saturated carbocycles. The van der Waals surface area contributed by atoms with Gasteiger partial charge in [-0.2, -0.15) is 0 Å². The Morgan fingerprint density at radius 2 is 1.88 bits per heavy atom. The molecule has 1 heterocycles. The molecular weight excluding hydrogens is 367 g/mol. The van der Waals surface area contributed by atoms with Crippen molar-refractivity contribution in [2.45, 2.75) is 13.5 Å². The van der Waals surface area contributed by atoms with E-state index in [9.17, 15) is 4.39 Å². The first-order valence-corrected chi connectivity index (χ1v) is 9.44. The fourth-order valence-corrected chi connectivity index (χ4v) is 4.08. The Morgan fingerprint density at radius 3 is 2.65 bits per heavy atom. The maximum atomic E-state index is 13.8. The number of anilines is 1. The lowest BCUT2D eigenvalue weighted by molar-refractivity contribution is 0.613. The van der Waals surface area contributed by atoms with E-state index in [1.165, 1.54) is 16.3 Å². The molecule has 2 nitrogen and oxygen atoms in total. The van der Waals surface area contributed by atoms with Gasteiger partial charge in [0, 0.05) is 28.4 Å². The molecule has 0 spiro atoms. The number of halogens is 2. The predicted octanol–water partition coefficient (Wildman–Crippen LogP) is 6.68. The number of fused-ring (bicyclic) bond motifs is 1. The van der Waals surface area contributed by atoms with E-state index >= 15 is 0 Å². The van der Waals surface area contributed by atoms with Gasteiger partial charge in [0.1, 0.15) is 10.8 Å². The van der Waals surface area contributed by atoms with Crippen LogP contribution in [0.5, 0.6) is 0 Å². The normalized spacial score (nSPS) is 11.0. The zero-order valence-corrected chi connectivity index (χ0v) is 15.7. The average molecular weight is 383 g/mol. The summed E-state index contributed by atoms with van der Waals surface area (Å²) in [6.45, 7) is 2.42. The zero-order valence-electron chi connectivity index (χ0n) is 14.1. The molecule has 0 fully saturated rings. The van der Waals surface area contributed by atoms with Crippen LogP contribution in [0.4, 0.5) is 10.1 Å². The molecule has 0 atom stereocenters. The lowest BCUT2D eigenvalue weighted by Gasteiger charge is -2.09. The lowest BCUT2D eigenvalue weighted by atomic mass is 10.2. The summed E-state index contributed by atoms with van der Waals surface area (Å²) in [6, 6.07) is 19.0. The molecule has 5 heteroatoms. The van der Waals surface area contributed by atoms with Gasteiger partial charge in [0.05, 0.1) is 10.2 Å². The van der Waals surface area contributed by atoms with Gasteiger partial charge in [-0.3, -0.25) is 0 Å². The van der Waals surface area contributed by atoms with Crippen LogP contribution in [-0.2, 0) is 6.54 Å². The van der Waals surface area contributed by atoms with Crippen molar-refractivity contribution < 1.29 is 4.39 Å². The highest BCUT2D eigenvalue weighted by atomic mass is 35.5. The topological polar surface area (TPSA) is 24.9 Å². The fourth-order valence-electron chi connectivity index (χ4n) is 2.78. The number of rotatable bonds is 4. The minimum Gasteiger partial charge on any atom is -0.381 e. The van der Waals surface area contributed by atoms with Gasteiger partial charge in [0.2, 0.25) is 0 Å². The van der Waals surface area contributed by atoms with Gasteiger partial charge in [-0.25, -0.2) is 9.37 Å². The Bertz CT molecular complexity index is 1050. The Morgan fingerprint density at radius 1 is 1.08 bits per heavy atom.